The molecule has 1 rings (SSSR count). The van der Waals surface area contributed by atoms with E-state index >= 15 is 0 Å². The predicted molar refractivity (Wildman–Crippen MR) is 175 cm³/mol. The van der Waals surface area contributed by atoms with Crippen molar-refractivity contribution in [1.82, 2.24) is 0 Å². The van der Waals surface area contributed by atoms with E-state index in [0.29, 0.717) is 104 Å². The van der Waals surface area contributed by atoms with Crippen LogP contribution in [-0.2, 0) is 47.4 Å². The average Bonchev–Trinajstić information content (AvgIpc) is 3.07. The summed E-state index contributed by atoms with van der Waals surface area (Å²) in [4.78, 5) is 23.5. The van der Waals surface area contributed by atoms with Gasteiger partial charge >= 0.3 is 11.9 Å². The van der Waals surface area contributed by atoms with Gasteiger partial charge in [0, 0.05) is 6.42 Å². The first-order valence-electron chi connectivity index (χ1n) is 17.2. The topological polar surface area (TPSA) is 117 Å². The van der Waals surface area contributed by atoms with E-state index in [1.807, 2.05) is 6.07 Å². The first-order chi connectivity index (χ1) is 22.7. The van der Waals surface area contributed by atoms with Crippen molar-refractivity contribution in [3.63, 3.8) is 0 Å². The lowest BCUT2D eigenvalue weighted by atomic mass is 10.1. The maximum absolute atomic E-state index is 11.8. The molecule has 11 nitrogen and oxygen atoms in total. The number of rotatable bonds is 35. The van der Waals surface area contributed by atoms with Crippen LogP contribution < -0.4 is 0 Å². The van der Waals surface area contributed by atoms with E-state index in [4.69, 9.17) is 42.6 Å². The molecule has 0 aliphatic carbocycles. The number of unbranched alkanes of at least 4 members (excludes halogenated alkanes) is 8. The maximum atomic E-state index is 11.8. The second kappa shape index (κ2) is 34.2. The van der Waals surface area contributed by atoms with E-state index in [-0.39, 0.29) is 25.2 Å². The summed E-state index contributed by atoms with van der Waals surface area (Å²) in [6, 6.07) is 8.85. The molecule has 0 aliphatic rings. The summed E-state index contributed by atoms with van der Waals surface area (Å²) in [5, 5.41) is 0. The summed E-state index contributed by atoms with van der Waals surface area (Å²) in [5.74, 6) is -0.497. The highest BCUT2D eigenvalue weighted by Gasteiger charge is 2.05. The monoisotopic (exact) mass is 656 g/mol. The third kappa shape index (κ3) is 29.3. The van der Waals surface area contributed by atoms with Crippen molar-refractivity contribution in [2.45, 2.75) is 71.1 Å². The summed E-state index contributed by atoms with van der Waals surface area (Å²) in [6.45, 7) is 9.03. The summed E-state index contributed by atoms with van der Waals surface area (Å²) in [5.41, 5.74) is 0.525. The predicted octanol–water partition coefficient (Wildman–Crippen LogP) is 5.42. The summed E-state index contributed by atoms with van der Waals surface area (Å²) < 4.78 is 48.5. The van der Waals surface area contributed by atoms with E-state index in [1.54, 1.807) is 24.3 Å². The van der Waals surface area contributed by atoms with Crippen LogP contribution in [-0.4, -0.2) is 118 Å². The van der Waals surface area contributed by atoms with Crippen LogP contribution in [0.2, 0.25) is 0 Å². The van der Waals surface area contributed by atoms with Crippen LogP contribution in [0.3, 0.4) is 0 Å². The molecule has 0 fully saturated rings. The molecule has 1 aromatic rings. The maximum Gasteiger partial charge on any atom is 0.338 e. The van der Waals surface area contributed by atoms with Crippen LogP contribution >= 0.6 is 0 Å². The highest BCUT2D eigenvalue weighted by atomic mass is 16.6. The van der Waals surface area contributed by atoms with Gasteiger partial charge in [0.15, 0.2) is 0 Å². The van der Waals surface area contributed by atoms with Crippen molar-refractivity contribution in [2.75, 3.05) is 106 Å². The van der Waals surface area contributed by atoms with Gasteiger partial charge in [-0.2, -0.15) is 0 Å². The summed E-state index contributed by atoms with van der Waals surface area (Å²) >= 11 is 0. The molecular formula is C35H60O11. The van der Waals surface area contributed by atoms with Gasteiger partial charge in [0.05, 0.1) is 98.1 Å². The fourth-order valence-electron chi connectivity index (χ4n) is 4.14. The molecule has 0 radical (unpaired) electrons. The molecule has 0 N–H and O–H groups in total. The second-order valence-corrected chi connectivity index (χ2v) is 10.6. The minimum atomic E-state index is -0.357. The Morgan fingerprint density at radius 2 is 0.783 bits per heavy atom. The van der Waals surface area contributed by atoms with Gasteiger partial charge in [-0.15, -0.1) is 0 Å². The van der Waals surface area contributed by atoms with Crippen LogP contribution in [0.1, 0.15) is 81.5 Å². The molecule has 266 valence electrons. The summed E-state index contributed by atoms with van der Waals surface area (Å²) in [6.07, 6.45) is 11.6. The number of ether oxygens (including phenoxy) is 9. The Labute approximate surface area is 276 Å². The molecule has 1 aromatic carbocycles. The van der Waals surface area contributed by atoms with Gasteiger partial charge in [-0.1, -0.05) is 76.5 Å². The molecule has 0 amide bonds. The van der Waals surface area contributed by atoms with Gasteiger partial charge in [0.2, 0.25) is 0 Å². The molecule has 0 unspecified atom stereocenters. The Morgan fingerprint density at radius 1 is 0.435 bits per heavy atom. The Kier molecular flexibility index (Phi) is 31.2. The van der Waals surface area contributed by atoms with E-state index < -0.39 is 0 Å². The van der Waals surface area contributed by atoms with Gasteiger partial charge in [0.25, 0.3) is 0 Å². The van der Waals surface area contributed by atoms with Crippen molar-refractivity contribution in [3.05, 3.63) is 35.9 Å². The third-order valence-electron chi connectivity index (χ3n) is 6.68. The molecule has 0 spiro atoms. The van der Waals surface area contributed by atoms with Gasteiger partial charge in [-0.25, -0.2) is 4.79 Å². The molecule has 11 heteroatoms. The first kappa shape index (κ1) is 41.9. The number of hydrogen-bond acceptors (Lipinski definition) is 11. The van der Waals surface area contributed by atoms with E-state index in [1.165, 1.54) is 44.9 Å². The standard InChI is InChI=1S/C35H60O11/c1-2-3-4-5-6-7-8-9-13-16-34(36)45-31-29-43-27-25-41-23-21-39-19-17-38-18-20-40-22-24-42-26-28-44-30-32-46-35(37)33-14-11-10-12-15-33/h10-12,14-15H,2-9,13,16-32H2,1H3. The highest BCUT2D eigenvalue weighted by molar-refractivity contribution is 5.89. The van der Waals surface area contributed by atoms with Crippen molar-refractivity contribution < 1.29 is 52.2 Å². The normalized spacial score (nSPS) is 11.2. The lowest BCUT2D eigenvalue weighted by molar-refractivity contribution is -0.145. The Hall–Kier alpha value is -2.12. The van der Waals surface area contributed by atoms with E-state index in [9.17, 15) is 9.59 Å². The molecule has 46 heavy (non-hydrogen) atoms. The number of benzene rings is 1. The molecule has 0 saturated carbocycles. The molecule has 0 saturated heterocycles. The highest BCUT2D eigenvalue weighted by Crippen LogP contribution is 2.10. The lowest BCUT2D eigenvalue weighted by Crippen LogP contribution is -2.15. The van der Waals surface area contributed by atoms with Crippen LogP contribution in [0.15, 0.2) is 30.3 Å². The Bertz CT molecular complexity index is 794. The number of hydrogen-bond donors (Lipinski definition) is 0. The van der Waals surface area contributed by atoms with Gasteiger partial charge in [-0.05, 0) is 18.6 Å². The largest absolute Gasteiger partial charge is 0.463 e. The average molecular weight is 657 g/mol. The molecular weight excluding hydrogens is 596 g/mol. The molecule has 0 bridgehead atoms. The minimum absolute atomic E-state index is 0.140. The zero-order valence-electron chi connectivity index (χ0n) is 28.3. The van der Waals surface area contributed by atoms with Gasteiger partial charge in [-0.3, -0.25) is 4.79 Å². The van der Waals surface area contributed by atoms with Crippen LogP contribution in [0.5, 0.6) is 0 Å². The number of carbonyl (C=O) groups excluding carboxylic acids is 2. The number of carbonyl (C=O) groups is 2. The molecule has 0 atom stereocenters. The van der Waals surface area contributed by atoms with Gasteiger partial charge < -0.3 is 42.6 Å². The number of esters is 2. The zero-order chi connectivity index (χ0) is 33.0. The minimum Gasteiger partial charge on any atom is -0.463 e. The molecule has 0 aliphatic heterocycles. The van der Waals surface area contributed by atoms with Crippen molar-refractivity contribution in [1.29, 1.82) is 0 Å². The van der Waals surface area contributed by atoms with Crippen molar-refractivity contribution in [2.24, 2.45) is 0 Å². The molecule has 0 aromatic heterocycles. The second-order valence-electron chi connectivity index (χ2n) is 10.6. The van der Waals surface area contributed by atoms with Crippen LogP contribution in [0.25, 0.3) is 0 Å². The van der Waals surface area contributed by atoms with Crippen LogP contribution in [0.4, 0.5) is 0 Å². The van der Waals surface area contributed by atoms with Gasteiger partial charge in [0.1, 0.15) is 13.2 Å². The van der Waals surface area contributed by atoms with Crippen molar-refractivity contribution in [3.8, 4) is 0 Å². The smallest absolute Gasteiger partial charge is 0.338 e. The lowest BCUT2D eigenvalue weighted by Gasteiger charge is -2.09. The van der Waals surface area contributed by atoms with Crippen LogP contribution in [0, 0.1) is 0 Å². The van der Waals surface area contributed by atoms with Crippen molar-refractivity contribution >= 4 is 11.9 Å². The quantitative estimate of drug-likeness (QED) is 0.0688. The first-order valence-corrected chi connectivity index (χ1v) is 17.2. The fraction of sp³-hybridized carbons (Fsp3) is 0.771. The SMILES string of the molecule is CCCCCCCCCCCC(=O)OCCOCCOCCOCCOCCOCCOCCOCCOC(=O)c1ccccc1. The summed E-state index contributed by atoms with van der Waals surface area (Å²) in [7, 11) is 0. The zero-order valence-corrected chi connectivity index (χ0v) is 28.3. The fourth-order valence-corrected chi connectivity index (χ4v) is 4.14. The Balaban J connectivity index is 1.67. The molecule has 0 heterocycles. The van der Waals surface area contributed by atoms with E-state index in [2.05, 4.69) is 6.92 Å². The van der Waals surface area contributed by atoms with E-state index in [0.717, 1.165) is 12.8 Å². The Morgan fingerprint density at radius 3 is 1.20 bits per heavy atom. The third-order valence-corrected chi connectivity index (χ3v) is 6.68.